The molecule has 2 N–H and O–H groups in total. The summed E-state index contributed by atoms with van der Waals surface area (Å²) in [4.78, 5) is 26.1. The topological polar surface area (TPSA) is 114 Å². The summed E-state index contributed by atoms with van der Waals surface area (Å²) in [5, 5.41) is 21.0. The van der Waals surface area contributed by atoms with Gasteiger partial charge >= 0.3 is 5.97 Å². The van der Waals surface area contributed by atoms with Crippen LogP contribution < -0.4 is 10.1 Å². The zero-order chi connectivity index (χ0) is 18.7. The smallest absolute Gasteiger partial charge is 0.358 e. The monoisotopic (exact) mass is 398 g/mol. The normalized spacial score (nSPS) is 14.2. The van der Waals surface area contributed by atoms with Crippen LogP contribution in [0.15, 0.2) is 11.4 Å². The van der Waals surface area contributed by atoms with Crippen LogP contribution in [0.4, 0.5) is 11.4 Å². The number of carbonyl (C=O) groups excluding carboxylic acids is 1. The Hall–Kier alpha value is -2.43. The fraction of sp³-hybridized carbons (Fsp3) is 0.333. The Bertz CT molecular complexity index is 837. The molecule has 0 aromatic carbocycles. The van der Waals surface area contributed by atoms with Gasteiger partial charge in [0.25, 0.3) is 5.91 Å². The molecule has 9 nitrogen and oxygen atoms in total. The fourth-order valence-corrected chi connectivity index (χ4v) is 3.54. The van der Waals surface area contributed by atoms with Gasteiger partial charge in [0.05, 0.1) is 31.7 Å². The second kappa shape index (κ2) is 7.85. The summed E-state index contributed by atoms with van der Waals surface area (Å²) in [7, 11) is 1.44. The van der Waals surface area contributed by atoms with Crippen LogP contribution in [0.2, 0.25) is 5.15 Å². The lowest BCUT2D eigenvalue weighted by Gasteiger charge is -2.26. The van der Waals surface area contributed by atoms with Crippen molar-refractivity contribution in [2.24, 2.45) is 0 Å². The number of amides is 1. The average molecular weight is 399 g/mol. The number of hydrogen-bond acceptors (Lipinski definition) is 8. The standard InChI is InChI=1S/C15H15ClN4O5S/c1-24-12-9(17-8-6-10(16)18-19-11(8)15(22)23)7-26-13(12)14(21)20-2-4-25-5-3-20/h6-7H,2-5H2,1H3,(H,17,18)(H,22,23). The minimum atomic E-state index is -1.25. The summed E-state index contributed by atoms with van der Waals surface area (Å²) in [5.41, 5.74) is 0.309. The van der Waals surface area contributed by atoms with Crippen molar-refractivity contribution in [2.45, 2.75) is 0 Å². The molecule has 2 aromatic heterocycles. The molecule has 1 amide bonds. The molecule has 0 saturated carbocycles. The maximum Gasteiger partial charge on any atom is 0.358 e. The van der Waals surface area contributed by atoms with Gasteiger partial charge in [-0.25, -0.2) is 4.79 Å². The predicted octanol–water partition coefficient (Wildman–Crippen LogP) is 2.11. The molecule has 0 radical (unpaired) electrons. The van der Waals surface area contributed by atoms with Crippen LogP contribution in [0.1, 0.15) is 20.2 Å². The first kappa shape index (κ1) is 18.4. The van der Waals surface area contributed by atoms with Gasteiger partial charge in [-0.2, -0.15) is 0 Å². The molecule has 0 unspecified atom stereocenters. The number of carbonyl (C=O) groups is 2. The molecule has 1 aliphatic rings. The summed E-state index contributed by atoms with van der Waals surface area (Å²) < 4.78 is 10.6. The minimum Gasteiger partial charge on any atom is -0.493 e. The quantitative estimate of drug-likeness (QED) is 0.787. The van der Waals surface area contributed by atoms with Crippen LogP contribution >= 0.6 is 22.9 Å². The number of ether oxygens (including phenoxy) is 2. The maximum absolute atomic E-state index is 12.7. The molecule has 26 heavy (non-hydrogen) atoms. The van der Waals surface area contributed by atoms with Crippen LogP contribution in [-0.4, -0.2) is 65.5 Å². The number of anilines is 2. The first-order valence-corrected chi connectivity index (χ1v) is 8.83. The van der Waals surface area contributed by atoms with E-state index >= 15 is 0 Å². The van der Waals surface area contributed by atoms with Crippen LogP contribution in [0.25, 0.3) is 0 Å². The molecule has 1 aliphatic heterocycles. The number of nitrogens with one attached hydrogen (secondary N) is 1. The van der Waals surface area contributed by atoms with E-state index in [0.29, 0.717) is 42.6 Å². The lowest BCUT2D eigenvalue weighted by Crippen LogP contribution is -2.40. The van der Waals surface area contributed by atoms with Crippen molar-refractivity contribution < 1.29 is 24.2 Å². The van der Waals surface area contributed by atoms with E-state index in [-0.39, 0.29) is 22.4 Å². The van der Waals surface area contributed by atoms with Crippen LogP contribution in [-0.2, 0) is 4.74 Å². The number of aromatic nitrogens is 2. The van der Waals surface area contributed by atoms with E-state index in [1.807, 2.05) is 0 Å². The van der Waals surface area contributed by atoms with E-state index < -0.39 is 5.97 Å². The molecule has 138 valence electrons. The molecular formula is C15H15ClN4O5S. The van der Waals surface area contributed by atoms with Crippen LogP contribution in [0.5, 0.6) is 5.75 Å². The van der Waals surface area contributed by atoms with E-state index in [2.05, 4.69) is 15.5 Å². The number of thiophene rings is 1. The number of halogens is 1. The van der Waals surface area contributed by atoms with Crippen molar-refractivity contribution >= 4 is 46.2 Å². The molecule has 11 heteroatoms. The number of carboxylic acid groups (broad SMARTS) is 1. The highest BCUT2D eigenvalue weighted by Gasteiger charge is 2.26. The van der Waals surface area contributed by atoms with Crippen molar-refractivity contribution in [3.63, 3.8) is 0 Å². The van der Waals surface area contributed by atoms with E-state index in [4.69, 9.17) is 21.1 Å². The molecule has 0 spiro atoms. The molecule has 0 atom stereocenters. The Morgan fingerprint density at radius 1 is 1.35 bits per heavy atom. The van der Waals surface area contributed by atoms with E-state index in [1.165, 1.54) is 24.5 Å². The third-order valence-electron chi connectivity index (χ3n) is 3.68. The Balaban J connectivity index is 1.90. The van der Waals surface area contributed by atoms with E-state index in [9.17, 15) is 14.7 Å². The van der Waals surface area contributed by atoms with Crippen molar-refractivity contribution in [3.8, 4) is 5.75 Å². The molecule has 2 aromatic rings. The summed E-state index contributed by atoms with van der Waals surface area (Å²) in [6, 6.07) is 1.35. The Morgan fingerprint density at radius 2 is 2.08 bits per heavy atom. The van der Waals surface area contributed by atoms with Crippen LogP contribution in [0, 0.1) is 0 Å². The second-order valence-corrected chi connectivity index (χ2v) is 6.54. The van der Waals surface area contributed by atoms with E-state index in [1.54, 1.807) is 10.3 Å². The molecule has 3 rings (SSSR count). The van der Waals surface area contributed by atoms with Gasteiger partial charge in [0, 0.05) is 24.5 Å². The predicted molar refractivity (Wildman–Crippen MR) is 94.9 cm³/mol. The number of hydrogen-bond donors (Lipinski definition) is 2. The van der Waals surface area contributed by atoms with Gasteiger partial charge in [-0.3, -0.25) is 4.79 Å². The van der Waals surface area contributed by atoms with Gasteiger partial charge in [-0.15, -0.1) is 21.5 Å². The van der Waals surface area contributed by atoms with E-state index in [0.717, 1.165) is 0 Å². The van der Waals surface area contributed by atoms with Crippen molar-refractivity contribution in [2.75, 3.05) is 38.7 Å². The molecule has 1 fully saturated rings. The highest BCUT2D eigenvalue weighted by atomic mass is 35.5. The summed E-state index contributed by atoms with van der Waals surface area (Å²) in [5.74, 6) is -1.08. The minimum absolute atomic E-state index is 0.0383. The zero-order valence-corrected chi connectivity index (χ0v) is 15.3. The maximum atomic E-state index is 12.7. The molecule has 1 saturated heterocycles. The number of carboxylic acids is 1. The Labute approximate surface area is 157 Å². The first-order valence-electron chi connectivity index (χ1n) is 7.57. The summed E-state index contributed by atoms with van der Waals surface area (Å²) >= 11 is 7.02. The zero-order valence-electron chi connectivity index (χ0n) is 13.7. The largest absolute Gasteiger partial charge is 0.493 e. The SMILES string of the molecule is COc1c(Nc2cc(Cl)nnc2C(=O)O)csc1C(=O)N1CCOCC1. The summed E-state index contributed by atoms with van der Waals surface area (Å²) in [6.45, 7) is 2.01. The van der Waals surface area contributed by atoms with Crippen LogP contribution in [0.3, 0.4) is 0 Å². The third kappa shape index (κ3) is 3.71. The number of methoxy groups -OCH3 is 1. The van der Waals surface area contributed by atoms with Crippen molar-refractivity contribution in [1.29, 1.82) is 0 Å². The van der Waals surface area contributed by atoms with Crippen molar-refractivity contribution in [1.82, 2.24) is 15.1 Å². The van der Waals surface area contributed by atoms with Crippen molar-refractivity contribution in [3.05, 3.63) is 27.2 Å². The second-order valence-electron chi connectivity index (χ2n) is 5.28. The highest BCUT2D eigenvalue weighted by Crippen LogP contribution is 2.38. The lowest BCUT2D eigenvalue weighted by atomic mass is 10.2. The van der Waals surface area contributed by atoms with Gasteiger partial charge < -0.3 is 24.8 Å². The van der Waals surface area contributed by atoms with Gasteiger partial charge in [0.2, 0.25) is 0 Å². The third-order valence-corrected chi connectivity index (χ3v) is 4.81. The van der Waals surface area contributed by atoms with Gasteiger partial charge in [0.1, 0.15) is 4.88 Å². The fourth-order valence-electron chi connectivity index (χ4n) is 2.46. The molecule has 3 heterocycles. The molecular weight excluding hydrogens is 384 g/mol. The number of aromatic carboxylic acids is 1. The van der Waals surface area contributed by atoms with Gasteiger partial charge in [-0.05, 0) is 0 Å². The first-order chi connectivity index (χ1) is 12.5. The Morgan fingerprint density at radius 3 is 2.73 bits per heavy atom. The Kier molecular flexibility index (Phi) is 5.55. The van der Waals surface area contributed by atoms with Gasteiger partial charge in [0.15, 0.2) is 16.6 Å². The lowest BCUT2D eigenvalue weighted by molar-refractivity contribution is 0.0304. The number of rotatable bonds is 5. The average Bonchev–Trinajstić information content (AvgIpc) is 3.04. The molecule has 0 aliphatic carbocycles. The number of nitrogens with zero attached hydrogens (tertiary/aromatic N) is 3. The number of morpholine rings is 1. The molecule has 0 bridgehead atoms. The summed E-state index contributed by atoms with van der Waals surface area (Å²) in [6.07, 6.45) is 0. The highest BCUT2D eigenvalue weighted by molar-refractivity contribution is 7.13. The van der Waals surface area contributed by atoms with Gasteiger partial charge in [-0.1, -0.05) is 11.6 Å².